The first-order valence-electron chi connectivity index (χ1n) is 10.6. The molecule has 4 nitrogen and oxygen atoms in total. The van der Waals surface area contributed by atoms with E-state index in [1.807, 2.05) is 48.5 Å². The van der Waals surface area contributed by atoms with Crippen molar-refractivity contribution in [3.63, 3.8) is 0 Å². The Balaban J connectivity index is 1.32. The summed E-state index contributed by atoms with van der Waals surface area (Å²) in [6.07, 6.45) is 7.49. The minimum absolute atomic E-state index is 0.0406. The Bertz CT molecular complexity index is 716. The summed E-state index contributed by atoms with van der Waals surface area (Å²) in [7, 11) is 0. The smallest absolute Gasteiger partial charge is 0.157 e. The van der Waals surface area contributed by atoms with E-state index in [2.05, 4.69) is 15.9 Å². The van der Waals surface area contributed by atoms with Crippen molar-refractivity contribution in [3.05, 3.63) is 64.1 Å². The van der Waals surface area contributed by atoms with Crippen LogP contribution in [0.15, 0.2) is 53.0 Å². The molecule has 1 aliphatic heterocycles. The molecular formula is C24H31BrO4. The van der Waals surface area contributed by atoms with Gasteiger partial charge in [-0.1, -0.05) is 71.9 Å². The van der Waals surface area contributed by atoms with Gasteiger partial charge in [-0.2, -0.15) is 0 Å². The molecule has 1 saturated heterocycles. The summed E-state index contributed by atoms with van der Waals surface area (Å²) in [5.41, 5.74) is 1.71. The number of hydrogen-bond acceptors (Lipinski definition) is 4. The molecule has 0 bridgehead atoms. The third-order valence-electron chi connectivity index (χ3n) is 5.12. The normalized spacial score (nSPS) is 15.5. The molecule has 0 radical (unpaired) electrons. The lowest BCUT2D eigenvalue weighted by Gasteiger charge is -2.14. The van der Waals surface area contributed by atoms with E-state index >= 15 is 0 Å². The lowest BCUT2D eigenvalue weighted by atomic mass is 10.0. The van der Waals surface area contributed by atoms with Gasteiger partial charge in [-0.15, -0.1) is 0 Å². The van der Waals surface area contributed by atoms with Gasteiger partial charge in [0.05, 0.1) is 19.8 Å². The van der Waals surface area contributed by atoms with Crippen LogP contribution in [0.2, 0.25) is 0 Å². The van der Waals surface area contributed by atoms with Crippen molar-refractivity contribution in [1.29, 1.82) is 0 Å². The Labute approximate surface area is 182 Å². The quantitative estimate of drug-likeness (QED) is 0.392. The molecule has 2 aromatic rings. The van der Waals surface area contributed by atoms with Crippen LogP contribution in [0.3, 0.4) is 0 Å². The molecule has 3 rings (SSSR count). The second kappa shape index (κ2) is 12.3. The van der Waals surface area contributed by atoms with Crippen molar-refractivity contribution in [2.24, 2.45) is 0 Å². The molecule has 1 N–H and O–H groups in total. The van der Waals surface area contributed by atoms with E-state index < -0.39 is 6.10 Å². The van der Waals surface area contributed by atoms with E-state index in [1.54, 1.807) is 0 Å². The standard InChI is InChI=1S/C24H31BrO4/c25-21-16-20(24(26)19-10-6-5-7-11-19)17-22(18-21)27-13-9-4-2-1-3-8-12-23-28-14-15-29-23/h5-7,10-11,16-18,23-24,26H,1-4,8-9,12-15H2. The third kappa shape index (κ3) is 7.74. The van der Waals surface area contributed by atoms with Crippen LogP contribution >= 0.6 is 15.9 Å². The highest BCUT2D eigenvalue weighted by Gasteiger charge is 2.14. The number of aliphatic hydroxyl groups excluding tert-OH is 1. The lowest BCUT2D eigenvalue weighted by molar-refractivity contribution is -0.0480. The number of benzene rings is 2. The van der Waals surface area contributed by atoms with Gasteiger partial charge in [0, 0.05) is 4.47 Å². The Morgan fingerprint density at radius 3 is 2.34 bits per heavy atom. The summed E-state index contributed by atoms with van der Waals surface area (Å²) in [5, 5.41) is 10.6. The zero-order chi connectivity index (χ0) is 20.3. The number of halogens is 1. The van der Waals surface area contributed by atoms with Gasteiger partial charge in [-0.3, -0.25) is 0 Å². The topological polar surface area (TPSA) is 47.9 Å². The van der Waals surface area contributed by atoms with Crippen molar-refractivity contribution < 1.29 is 19.3 Å². The molecule has 2 aromatic carbocycles. The molecule has 1 atom stereocenters. The summed E-state index contributed by atoms with van der Waals surface area (Å²) in [5.74, 6) is 0.793. The van der Waals surface area contributed by atoms with Crippen LogP contribution in [-0.2, 0) is 9.47 Å². The van der Waals surface area contributed by atoms with Crippen molar-refractivity contribution in [2.75, 3.05) is 19.8 Å². The molecule has 0 spiro atoms. The van der Waals surface area contributed by atoms with E-state index in [-0.39, 0.29) is 6.29 Å². The van der Waals surface area contributed by atoms with Crippen molar-refractivity contribution >= 4 is 15.9 Å². The van der Waals surface area contributed by atoms with Crippen LogP contribution < -0.4 is 4.74 Å². The summed E-state index contributed by atoms with van der Waals surface area (Å²) >= 11 is 3.53. The zero-order valence-corrected chi connectivity index (χ0v) is 18.5. The van der Waals surface area contributed by atoms with Gasteiger partial charge in [0.25, 0.3) is 0 Å². The molecule has 1 unspecified atom stereocenters. The zero-order valence-electron chi connectivity index (χ0n) is 16.9. The van der Waals surface area contributed by atoms with Gasteiger partial charge in [0.1, 0.15) is 11.9 Å². The molecule has 29 heavy (non-hydrogen) atoms. The predicted molar refractivity (Wildman–Crippen MR) is 118 cm³/mol. The van der Waals surface area contributed by atoms with E-state index in [9.17, 15) is 5.11 Å². The first-order valence-corrected chi connectivity index (χ1v) is 11.4. The molecular weight excluding hydrogens is 432 g/mol. The van der Waals surface area contributed by atoms with E-state index in [4.69, 9.17) is 14.2 Å². The number of unbranched alkanes of at least 4 members (excludes halogenated alkanes) is 5. The third-order valence-corrected chi connectivity index (χ3v) is 5.58. The van der Waals surface area contributed by atoms with Crippen LogP contribution in [0.4, 0.5) is 0 Å². The second-order valence-corrected chi connectivity index (χ2v) is 8.38. The average Bonchev–Trinajstić information content (AvgIpc) is 3.26. The summed E-state index contributed by atoms with van der Waals surface area (Å²) in [6.45, 7) is 2.19. The predicted octanol–water partition coefficient (Wildman–Crippen LogP) is 6.01. The molecule has 0 aliphatic carbocycles. The van der Waals surface area contributed by atoms with E-state index in [0.29, 0.717) is 6.61 Å². The van der Waals surface area contributed by atoms with E-state index in [1.165, 1.54) is 32.1 Å². The van der Waals surface area contributed by atoms with E-state index in [0.717, 1.165) is 47.4 Å². The van der Waals surface area contributed by atoms with Crippen molar-refractivity contribution in [3.8, 4) is 5.75 Å². The van der Waals surface area contributed by atoms with Gasteiger partial charge < -0.3 is 19.3 Å². The maximum Gasteiger partial charge on any atom is 0.157 e. The molecule has 158 valence electrons. The van der Waals surface area contributed by atoms with Gasteiger partial charge in [0.2, 0.25) is 0 Å². The van der Waals surface area contributed by atoms with Gasteiger partial charge in [0.15, 0.2) is 6.29 Å². The highest BCUT2D eigenvalue weighted by atomic mass is 79.9. The largest absolute Gasteiger partial charge is 0.494 e. The molecule has 1 fully saturated rings. The Morgan fingerprint density at radius 1 is 0.897 bits per heavy atom. The monoisotopic (exact) mass is 462 g/mol. The maximum atomic E-state index is 10.6. The molecule has 0 aromatic heterocycles. The molecule has 5 heteroatoms. The number of hydrogen-bond donors (Lipinski definition) is 1. The fourth-order valence-electron chi connectivity index (χ4n) is 3.54. The van der Waals surface area contributed by atoms with Crippen molar-refractivity contribution in [2.45, 2.75) is 57.3 Å². The SMILES string of the molecule is OC(c1ccccc1)c1cc(Br)cc(OCCCCCCCCC2OCCO2)c1. The Hall–Kier alpha value is -1.40. The highest BCUT2D eigenvalue weighted by Crippen LogP contribution is 2.29. The first-order chi connectivity index (χ1) is 14.2. The Kier molecular flexibility index (Phi) is 9.48. The number of rotatable bonds is 12. The fourth-order valence-corrected chi connectivity index (χ4v) is 4.03. The summed E-state index contributed by atoms with van der Waals surface area (Å²) in [4.78, 5) is 0. The van der Waals surface area contributed by atoms with Crippen LogP contribution in [0, 0.1) is 0 Å². The van der Waals surface area contributed by atoms with Crippen LogP contribution in [0.5, 0.6) is 5.75 Å². The first kappa shape index (κ1) is 22.3. The highest BCUT2D eigenvalue weighted by molar-refractivity contribution is 9.10. The van der Waals surface area contributed by atoms with Crippen LogP contribution in [0.1, 0.15) is 62.2 Å². The number of aliphatic hydroxyl groups is 1. The van der Waals surface area contributed by atoms with Crippen molar-refractivity contribution in [1.82, 2.24) is 0 Å². The fraction of sp³-hybridized carbons (Fsp3) is 0.500. The average molecular weight is 463 g/mol. The molecule has 0 saturated carbocycles. The van der Waals surface area contributed by atoms with Crippen LogP contribution in [0.25, 0.3) is 0 Å². The van der Waals surface area contributed by atoms with Gasteiger partial charge in [-0.05, 0) is 48.6 Å². The minimum atomic E-state index is -0.656. The van der Waals surface area contributed by atoms with Gasteiger partial charge >= 0.3 is 0 Å². The summed E-state index contributed by atoms with van der Waals surface area (Å²) < 4.78 is 17.8. The number of ether oxygens (including phenoxy) is 3. The second-order valence-electron chi connectivity index (χ2n) is 7.46. The minimum Gasteiger partial charge on any atom is -0.494 e. The summed E-state index contributed by atoms with van der Waals surface area (Å²) in [6, 6.07) is 15.5. The van der Waals surface area contributed by atoms with Gasteiger partial charge in [-0.25, -0.2) is 0 Å². The Morgan fingerprint density at radius 2 is 1.59 bits per heavy atom. The molecule has 1 heterocycles. The molecule has 1 aliphatic rings. The molecule has 0 amide bonds. The van der Waals surface area contributed by atoms with Crippen LogP contribution in [-0.4, -0.2) is 31.2 Å². The lowest BCUT2D eigenvalue weighted by Crippen LogP contribution is -2.06. The maximum absolute atomic E-state index is 10.6.